The van der Waals surface area contributed by atoms with E-state index < -0.39 is 0 Å². The molecule has 86 valence electrons. The Morgan fingerprint density at radius 1 is 1.62 bits per heavy atom. The molecule has 2 rings (SSSR count). The number of halogens is 1. The number of ether oxygens (including phenoxy) is 1. The standard InChI is InChI=1S/C12H14BrNO2/c1-8(15)16-7-12(2)6-14-11-4-3-9(13)5-10(11)12/h3-5,14H,6-7H2,1-2H3. The molecule has 1 aliphatic heterocycles. The highest BCUT2D eigenvalue weighted by atomic mass is 79.9. The van der Waals surface area contributed by atoms with E-state index in [-0.39, 0.29) is 11.4 Å². The molecule has 1 N–H and O–H groups in total. The maximum atomic E-state index is 10.9. The molecule has 4 heteroatoms. The summed E-state index contributed by atoms with van der Waals surface area (Å²) in [5.41, 5.74) is 2.19. The summed E-state index contributed by atoms with van der Waals surface area (Å²) >= 11 is 3.46. The van der Waals surface area contributed by atoms with Crippen molar-refractivity contribution >= 4 is 27.6 Å². The van der Waals surface area contributed by atoms with Gasteiger partial charge in [-0.1, -0.05) is 22.9 Å². The van der Waals surface area contributed by atoms with Crippen molar-refractivity contribution in [3.05, 3.63) is 28.2 Å². The first-order chi connectivity index (χ1) is 7.51. The quantitative estimate of drug-likeness (QED) is 0.849. The Morgan fingerprint density at radius 2 is 2.38 bits per heavy atom. The lowest BCUT2D eigenvalue weighted by atomic mass is 9.85. The number of anilines is 1. The van der Waals surface area contributed by atoms with E-state index in [1.807, 2.05) is 12.1 Å². The Morgan fingerprint density at radius 3 is 3.06 bits per heavy atom. The Kier molecular flexibility index (Phi) is 2.93. The fourth-order valence-electron chi connectivity index (χ4n) is 1.95. The number of hydrogen-bond acceptors (Lipinski definition) is 3. The van der Waals surface area contributed by atoms with Crippen molar-refractivity contribution in [3.8, 4) is 0 Å². The lowest BCUT2D eigenvalue weighted by Crippen LogP contribution is -2.31. The van der Waals surface area contributed by atoms with Gasteiger partial charge < -0.3 is 10.1 Å². The van der Waals surface area contributed by atoms with Crippen molar-refractivity contribution < 1.29 is 9.53 Å². The molecule has 1 aliphatic rings. The molecule has 1 aromatic carbocycles. The van der Waals surface area contributed by atoms with Crippen LogP contribution in [0.4, 0.5) is 5.69 Å². The summed E-state index contributed by atoms with van der Waals surface area (Å²) in [6.07, 6.45) is 0. The molecule has 0 radical (unpaired) electrons. The third kappa shape index (κ3) is 2.07. The lowest BCUT2D eigenvalue weighted by molar-refractivity contribution is -0.142. The van der Waals surface area contributed by atoms with Gasteiger partial charge in [-0.15, -0.1) is 0 Å². The topological polar surface area (TPSA) is 38.3 Å². The molecule has 0 fully saturated rings. The number of benzene rings is 1. The van der Waals surface area contributed by atoms with Crippen LogP contribution in [-0.2, 0) is 14.9 Å². The number of nitrogens with one attached hydrogen (secondary N) is 1. The lowest BCUT2D eigenvalue weighted by Gasteiger charge is -2.23. The highest BCUT2D eigenvalue weighted by Gasteiger charge is 2.35. The molecular weight excluding hydrogens is 270 g/mol. The van der Waals surface area contributed by atoms with Crippen molar-refractivity contribution in [2.24, 2.45) is 0 Å². The van der Waals surface area contributed by atoms with Gasteiger partial charge in [-0.05, 0) is 23.8 Å². The van der Waals surface area contributed by atoms with E-state index in [9.17, 15) is 4.79 Å². The number of carbonyl (C=O) groups is 1. The molecule has 0 saturated heterocycles. The number of esters is 1. The van der Waals surface area contributed by atoms with E-state index in [4.69, 9.17) is 4.74 Å². The molecule has 0 aliphatic carbocycles. The molecule has 0 saturated carbocycles. The van der Waals surface area contributed by atoms with E-state index in [1.54, 1.807) is 0 Å². The van der Waals surface area contributed by atoms with Gasteiger partial charge in [-0.3, -0.25) is 4.79 Å². The zero-order chi connectivity index (χ0) is 11.8. The molecule has 3 nitrogen and oxygen atoms in total. The number of rotatable bonds is 2. The van der Waals surface area contributed by atoms with Crippen molar-refractivity contribution in [1.29, 1.82) is 0 Å². The van der Waals surface area contributed by atoms with E-state index in [0.717, 1.165) is 16.7 Å². The van der Waals surface area contributed by atoms with Gasteiger partial charge in [0.15, 0.2) is 0 Å². The molecule has 1 aromatic rings. The Bertz CT molecular complexity index is 433. The molecule has 0 bridgehead atoms. The van der Waals surface area contributed by atoms with Gasteiger partial charge >= 0.3 is 5.97 Å². The largest absolute Gasteiger partial charge is 0.465 e. The zero-order valence-corrected chi connectivity index (χ0v) is 10.9. The van der Waals surface area contributed by atoms with E-state index >= 15 is 0 Å². The summed E-state index contributed by atoms with van der Waals surface area (Å²) in [4.78, 5) is 10.9. The molecule has 1 heterocycles. The minimum absolute atomic E-state index is 0.134. The Hall–Kier alpha value is -1.03. The van der Waals surface area contributed by atoms with Crippen LogP contribution in [0.5, 0.6) is 0 Å². The average Bonchev–Trinajstić information content (AvgIpc) is 2.55. The van der Waals surface area contributed by atoms with Gasteiger partial charge in [0.1, 0.15) is 6.61 Å². The summed E-state index contributed by atoms with van der Waals surface area (Å²) in [7, 11) is 0. The van der Waals surface area contributed by atoms with Gasteiger partial charge in [0.05, 0.1) is 0 Å². The Labute approximate surface area is 103 Å². The predicted molar refractivity (Wildman–Crippen MR) is 66.6 cm³/mol. The first-order valence-corrected chi connectivity index (χ1v) is 5.98. The SMILES string of the molecule is CC(=O)OCC1(C)CNc2ccc(Br)cc21. The molecule has 1 unspecified atom stereocenters. The minimum atomic E-state index is -0.232. The van der Waals surface area contributed by atoms with Crippen LogP contribution in [0, 0.1) is 0 Å². The fourth-order valence-corrected chi connectivity index (χ4v) is 2.31. The number of hydrogen-bond donors (Lipinski definition) is 1. The maximum Gasteiger partial charge on any atom is 0.302 e. The van der Waals surface area contributed by atoms with Gasteiger partial charge in [0.25, 0.3) is 0 Å². The first-order valence-electron chi connectivity index (χ1n) is 5.18. The van der Waals surface area contributed by atoms with Gasteiger partial charge in [0, 0.05) is 29.0 Å². The van der Waals surface area contributed by atoms with Crippen molar-refractivity contribution in [3.63, 3.8) is 0 Å². The third-order valence-electron chi connectivity index (χ3n) is 2.89. The van der Waals surface area contributed by atoms with Crippen molar-refractivity contribution in [2.75, 3.05) is 18.5 Å². The van der Waals surface area contributed by atoms with Crippen LogP contribution in [0.2, 0.25) is 0 Å². The van der Waals surface area contributed by atoms with Crippen LogP contribution in [0.1, 0.15) is 19.4 Å². The highest BCUT2D eigenvalue weighted by Crippen LogP contribution is 2.38. The van der Waals surface area contributed by atoms with Crippen molar-refractivity contribution in [2.45, 2.75) is 19.3 Å². The molecule has 0 spiro atoms. The highest BCUT2D eigenvalue weighted by molar-refractivity contribution is 9.10. The van der Waals surface area contributed by atoms with Crippen LogP contribution in [0.25, 0.3) is 0 Å². The number of fused-ring (bicyclic) bond motifs is 1. The zero-order valence-electron chi connectivity index (χ0n) is 9.34. The number of carbonyl (C=O) groups excluding carboxylic acids is 1. The van der Waals surface area contributed by atoms with Gasteiger partial charge in [-0.25, -0.2) is 0 Å². The smallest absolute Gasteiger partial charge is 0.302 e. The maximum absolute atomic E-state index is 10.9. The summed E-state index contributed by atoms with van der Waals surface area (Å²) in [5, 5.41) is 3.33. The molecule has 16 heavy (non-hydrogen) atoms. The second kappa shape index (κ2) is 4.09. The van der Waals surface area contributed by atoms with Crippen LogP contribution >= 0.6 is 15.9 Å². The van der Waals surface area contributed by atoms with Crippen LogP contribution in [0.15, 0.2) is 22.7 Å². The molecule has 0 amide bonds. The summed E-state index contributed by atoms with van der Waals surface area (Å²) in [5.74, 6) is -0.232. The Balaban J connectivity index is 2.26. The van der Waals surface area contributed by atoms with E-state index in [1.165, 1.54) is 12.5 Å². The van der Waals surface area contributed by atoms with E-state index in [0.29, 0.717) is 6.61 Å². The van der Waals surface area contributed by atoms with Crippen molar-refractivity contribution in [1.82, 2.24) is 0 Å². The minimum Gasteiger partial charge on any atom is -0.465 e. The second-order valence-corrected chi connectivity index (χ2v) is 5.30. The summed E-state index contributed by atoms with van der Waals surface area (Å²) < 4.78 is 6.18. The normalized spacial score (nSPS) is 22.4. The first kappa shape index (κ1) is 11.5. The second-order valence-electron chi connectivity index (χ2n) is 4.38. The van der Waals surface area contributed by atoms with Gasteiger partial charge in [0.2, 0.25) is 0 Å². The summed E-state index contributed by atoms with van der Waals surface area (Å²) in [6.45, 7) is 4.75. The van der Waals surface area contributed by atoms with E-state index in [2.05, 4.69) is 34.2 Å². The monoisotopic (exact) mass is 283 g/mol. The van der Waals surface area contributed by atoms with Crippen LogP contribution < -0.4 is 5.32 Å². The predicted octanol–water partition coefficient (Wildman–Crippen LogP) is 2.70. The fraction of sp³-hybridized carbons (Fsp3) is 0.417. The molecular formula is C12H14BrNO2. The average molecular weight is 284 g/mol. The summed E-state index contributed by atoms with van der Waals surface area (Å²) in [6, 6.07) is 6.13. The third-order valence-corrected chi connectivity index (χ3v) is 3.39. The van der Waals surface area contributed by atoms with Crippen LogP contribution in [-0.4, -0.2) is 19.1 Å². The van der Waals surface area contributed by atoms with Crippen LogP contribution in [0.3, 0.4) is 0 Å². The molecule has 0 aromatic heterocycles. The molecule has 1 atom stereocenters. The van der Waals surface area contributed by atoms with Gasteiger partial charge in [-0.2, -0.15) is 0 Å².